The summed E-state index contributed by atoms with van der Waals surface area (Å²) in [4.78, 5) is 67.9. The Bertz CT molecular complexity index is 3140. The zero-order valence-corrected chi connectivity index (χ0v) is 63.7. The van der Waals surface area contributed by atoms with Crippen molar-refractivity contribution < 1.29 is 38.1 Å². The first-order chi connectivity index (χ1) is 46.0. The van der Waals surface area contributed by atoms with Gasteiger partial charge in [-0.2, -0.15) is 143 Å². The maximum Gasteiger partial charge on any atom is 0.349 e. The molecule has 0 unspecified atom stereocenters. The van der Waals surface area contributed by atoms with Crippen molar-refractivity contribution in [1.29, 1.82) is 42.1 Å². The molecular formula is C69H88N12O8S8. The summed E-state index contributed by atoms with van der Waals surface area (Å²) in [7, 11) is 0. The smallest absolute Gasteiger partial charge is 0.349 e. The molecule has 0 bridgehead atoms. The molecule has 520 valence electrons. The van der Waals surface area contributed by atoms with Crippen LogP contribution in [-0.4, -0.2) is 168 Å². The van der Waals surface area contributed by atoms with E-state index < -0.39 is 99.7 Å². The van der Waals surface area contributed by atoms with Gasteiger partial charge in [-0.05, 0) is 95.3 Å². The van der Waals surface area contributed by atoms with Gasteiger partial charge in [0.05, 0.1) is 22.3 Å². The standard InChI is InChI=1S/C69H88N12O8S8/c1-65(2)25-45(49(33-70)57(29-65)78(9-17-90)10-18-91)53(37-74)61(82)86-41-69(42-87-62(83)54(38-75)46-26-66(3,4)30-58(50(46)34-71)79(11-19-92)12-20-93,43-88-63(84)55(39-76)47-27-67(5,6)31-59(51(47)35-72)80(13-21-94)14-22-95)44-89-64(85)56(40-77)48-28-68(7,8)32-60(52(48)36-73)81(15-23-96)16-24-97/h90-97H,9-32,41-44H2,1-8H3/b53-45-,54-46+,55-47+,56-48+. The molecule has 4 aliphatic rings. The number of carbonyl (C=O) groups is 4. The second-order valence-electron chi connectivity index (χ2n) is 27.2. The molecule has 4 rings (SSSR count). The van der Waals surface area contributed by atoms with E-state index >= 15 is 19.2 Å². The Morgan fingerprint density at radius 2 is 0.495 bits per heavy atom. The molecule has 0 aromatic heterocycles. The lowest BCUT2D eigenvalue weighted by molar-refractivity contribution is -0.165. The van der Waals surface area contributed by atoms with Crippen molar-refractivity contribution in [3.05, 3.63) is 89.7 Å². The lowest BCUT2D eigenvalue weighted by atomic mass is 9.72. The third-order valence-electron chi connectivity index (χ3n) is 17.0. The summed E-state index contributed by atoms with van der Waals surface area (Å²) in [5, 5.41) is 87.7. The number of hydrogen-bond acceptors (Lipinski definition) is 28. The molecule has 97 heavy (non-hydrogen) atoms. The van der Waals surface area contributed by atoms with Crippen LogP contribution in [0.15, 0.2) is 89.7 Å². The van der Waals surface area contributed by atoms with Gasteiger partial charge >= 0.3 is 23.9 Å². The van der Waals surface area contributed by atoms with Gasteiger partial charge in [-0.15, -0.1) is 0 Å². The summed E-state index contributed by atoms with van der Waals surface area (Å²) in [6, 6.07) is 16.7. The molecule has 0 saturated carbocycles. The van der Waals surface area contributed by atoms with Crippen LogP contribution in [0.3, 0.4) is 0 Å². The number of allylic oxidation sites excluding steroid dienone is 12. The Hall–Kier alpha value is -6.28. The number of nitrogens with zero attached hydrogens (tertiary/aromatic N) is 12. The molecule has 0 fully saturated rings. The molecule has 0 aromatic carbocycles. The second kappa shape index (κ2) is 38.3. The van der Waals surface area contributed by atoms with E-state index in [9.17, 15) is 42.1 Å². The van der Waals surface area contributed by atoms with Crippen LogP contribution in [0.1, 0.15) is 107 Å². The summed E-state index contributed by atoms with van der Waals surface area (Å²) in [6.45, 7) is 14.2. The van der Waals surface area contributed by atoms with Gasteiger partial charge in [-0.3, -0.25) is 0 Å². The number of carbonyl (C=O) groups excluding carboxylic acids is 4. The van der Waals surface area contributed by atoms with Crippen molar-refractivity contribution in [1.82, 2.24) is 19.6 Å². The average Bonchev–Trinajstić information content (AvgIpc) is 0.801. The van der Waals surface area contributed by atoms with Crippen LogP contribution in [-0.2, 0) is 38.1 Å². The van der Waals surface area contributed by atoms with Crippen LogP contribution in [0.5, 0.6) is 0 Å². The van der Waals surface area contributed by atoms with Gasteiger partial charge in [0.1, 0.15) is 103 Å². The normalized spacial score (nSPS) is 19.1. The minimum atomic E-state index is -2.33. The first kappa shape index (κ1) is 83.1. The number of nitriles is 8. The predicted octanol–water partition coefficient (Wildman–Crippen LogP) is 10.5. The van der Waals surface area contributed by atoms with Gasteiger partial charge in [0.15, 0.2) is 0 Å². The quantitative estimate of drug-likeness (QED) is 0.0102. The second-order valence-corrected chi connectivity index (χ2v) is 30.8. The Morgan fingerprint density at radius 3 is 0.629 bits per heavy atom. The Labute approximate surface area is 617 Å². The molecule has 0 heterocycles. The van der Waals surface area contributed by atoms with E-state index in [2.05, 4.69) is 125 Å². The van der Waals surface area contributed by atoms with E-state index in [1.54, 1.807) is 0 Å². The van der Waals surface area contributed by atoms with Crippen LogP contribution in [0.4, 0.5) is 0 Å². The van der Waals surface area contributed by atoms with Crippen molar-refractivity contribution in [2.75, 3.05) is 125 Å². The molecule has 0 radical (unpaired) electrons. The van der Waals surface area contributed by atoms with Gasteiger partial charge in [0.25, 0.3) is 0 Å². The third-order valence-corrected chi connectivity index (χ3v) is 18.6. The van der Waals surface area contributed by atoms with Gasteiger partial charge in [-0.1, -0.05) is 55.4 Å². The fourth-order valence-corrected chi connectivity index (χ4v) is 14.6. The van der Waals surface area contributed by atoms with Crippen molar-refractivity contribution in [2.45, 2.75) is 107 Å². The first-order valence-electron chi connectivity index (χ1n) is 31.6. The fraction of sp³-hybridized carbons (Fsp3) is 0.594. The molecular weight excluding hydrogens is 1380 g/mol. The largest absolute Gasteiger partial charge is 0.461 e. The Kier molecular flexibility index (Phi) is 32.9. The maximum atomic E-state index is 15.0. The Morgan fingerprint density at radius 1 is 0.330 bits per heavy atom. The van der Waals surface area contributed by atoms with Crippen LogP contribution in [0.25, 0.3) is 0 Å². The lowest BCUT2D eigenvalue weighted by Crippen LogP contribution is -2.44. The summed E-state index contributed by atoms with van der Waals surface area (Å²) in [6.07, 6.45) is 1.68. The fourth-order valence-electron chi connectivity index (χ4n) is 12.7. The SMILES string of the molecule is CC1(C)CC(N(CCS)CCS)=C(C#N)/C(=C(/C#N)C(=O)OCC(COC(=O)/C(C#N)=C2\CC(C)(C)CC(N(CCS)CCS)=C2C#N)(COC(=O)/C(C#N)=C2\CC(C)(C)CC(N(CCS)CCS)=C2C#N)COC(=O)/C(C#N)=C2\CC(C)(C)CC(N(CCS)CCS)=C2C#N)C1. The number of rotatable bonds is 32. The van der Waals surface area contributed by atoms with Gasteiger partial charge in [0, 0.05) is 121 Å². The number of hydrogen-bond donors (Lipinski definition) is 8. The highest BCUT2D eigenvalue weighted by molar-refractivity contribution is 7.81. The minimum Gasteiger partial charge on any atom is -0.461 e. The molecule has 0 aromatic rings. The average molecular weight is 1470 g/mol. The van der Waals surface area contributed by atoms with Crippen LogP contribution >= 0.6 is 101 Å². The molecule has 0 N–H and O–H groups in total. The van der Waals surface area contributed by atoms with Crippen molar-refractivity contribution in [2.24, 2.45) is 27.1 Å². The number of esters is 4. The monoisotopic (exact) mass is 1470 g/mol. The lowest BCUT2D eigenvalue weighted by Gasteiger charge is -2.39. The maximum absolute atomic E-state index is 15.0. The third kappa shape index (κ3) is 21.9. The van der Waals surface area contributed by atoms with Crippen molar-refractivity contribution in [3.63, 3.8) is 0 Å². The van der Waals surface area contributed by atoms with Gasteiger partial charge in [-0.25, -0.2) is 19.2 Å². The summed E-state index contributed by atoms with van der Waals surface area (Å²) in [5.74, 6) is -2.12. The van der Waals surface area contributed by atoms with E-state index in [1.165, 1.54) is 0 Å². The zero-order chi connectivity index (χ0) is 72.6. The van der Waals surface area contributed by atoms with Crippen molar-refractivity contribution in [3.8, 4) is 48.6 Å². The minimum absolute atomic E-state index is 0.0447. The molecule has 0 aliphatic heterocycles. The summed E-state index contributed by atoms with van der Waals surface area (Å²) < 4.78 is 24.5. The number of ether oxygens (including phenoxy) is 4. The van der Waals surface area contributed by atoms with E-state index in [-0.39, 0.29) is 70.3 Å². The highest BCUT2D eigenvalue weighted by Crippen LogP contribution is 2.48. The Balaban J connectivity index is 2.17. The van der Waals surface area contributed by atoms with Crippen molar-refractivity contribution >= 4 is 125 Å². The van der Waals surface area contributed by atoms with E-state index in [0.29, 0.717) is 147 Å². The highest BCUT2D eigenvalue weighted by Gasteiger charge is 2.45. The van der Waals surface area contributed by atoms with E-state index in [1.807, 2.05) is 99.3 Å². The first-order valence-corrected chi connectivity index (χ1v) is 36.7. The van der Waals surface area contributed by atoms with E-state index in [4.69, 9.17) is 18.9 Å². The van der Waals surface area contributed by atoms with Crippen LogP contribution in [0.2, 0.25) is 0 Å². The van der Waals surface area contributed by atoms with E-state index in [0.717, 1.165) is 0 Å². The molecule has 0 amide bonds. The molecule has 0 saturated heterocycles. The molecule has 0 atom stereocenters. The highest BCUT2D eigenvalue weighted by atomic mass is 32.1. The van der Waals surface area contributed by atoms with Gasteiger partial charge < -0.3 is 38.5 Å². The predicted molar refractivity (Wildman–Crippen MR) is 397 cm³/mol. The topological polar surface area (TPSA) is 308 Å². The summed E-state index contributed by atoms with van der Waals surface area (Å²) in [5.41, 5.74) is -4.70. The zero-order valence-electron chi connectivity index (χ0n) is 56.5. The number of thiol groups is 8. The molecule has 0 spiro atoms. The summed E-state index contributed by atoms with van der Waals surface area (Å²) >= 11 is 35.7. The molecule has 20 nitrogen and oxygen atoms in total. The van der Waals surface area contributed by atoms with Gasteiger partial charge in [0.2, 0.25) is 0 Å². The van der Waals surface area contributed by atoms with Crippen LogP contribution < -0.4 is 0 Å². The molecule has 4 aliphatic carbocycles. The molecule has 28 heteroatoms. The van der Waals surface area contributed by atoms with Crippen LogP contribution in [0, 0.1) is 118 Å².